The van der Waals surface area contributed by atoms with Crippen LogP contribution in [-0.2, 0) is 0 Å². The molecule has 1 heterocycles. The van der Waals surface area contributed by atoms with Crippen LogP contribution in [0.1, 0.15) is 5.56 Å². The molecule has 13 heavy (non-hydrogen) atoms. The second-order valence-electron chi connectivity index (χ2n) is 2.85. The highest BCUT2D eigenvalue weighted by molar-refractivity contribution is 5.58. The van der Waals surface area contributed by atoms with Crippen molar-refractivity contribution in [3.05, 3.63) is 41.9 Å². The number of hydrogen-bond donors (Lipinski definition) is 0. The van der Waals surface area contributed by atoms with Crippen LogP contribution < -0.4 is 0 Å². The van der Waals surface area contributed by atoms with Crippen LogP contribution in [0.4, 0.5) is 4.39 Å². The van der Waals surface area contributed by atoms with Crippen LogP contribution in [0.2, 0.25) is 0 Å². The first-order valence-electron chi connectivity index (χ1n) is 3.94. The fraction of sp³-hybridized carbons (Fsp3) is 0.100. The van der Waals surface area contributed by atoms with E-state index < -0.39 is 0 Å². The van der Waals surface area contributed by atoms with E-state index >= 15 is 0 Å². The molecule has 0 aliphatic carbocycles. The Balaban J connectivity index is 2.49. The molecule has 0 atom stereocenters. The normalized spacial score (nSPS) is 10.3. The smallest absolute Gasteiger partial charge is 0.126 e. The van der Waals surface area contributed by atoms with E-state index in [-0.39, 0.29) is 5.82 Å². The summed E-state index contributed by atoms with van der Waals surface area (Å²) in [7, 11) is 0. The van der Waals surface area contributed by atoms with Gasteiger partial charge in [-0.05, 0) is 18.6 Å². The maximum atomic E-state index is 13.1. The molecule has 0 saturated heterocycles. The molecule has 0 aliphatic rings. The molecule has 1 aromatic heterocycles. The molecule has 0 fully saturated rings. The third kappa shape index (κ3) is 1.45. The molecule has 0 N–H and O–H groups in total. The summed E-state index contributed by atoms with van der Waals surface area (Å²) >= 11 is 0. The van der Waals surface area contributed by atoms with E-state index in [2.05, 4.69) is 9.68 Å². The molecule has 0 spiro atoms. The summed E-state index contributed by atoms with van der Waals surface area (Å²) in [6.07, 6.45) is 1.47. The van der Waals surface area contributed by atoms with Crippen molar-refractivity contribution >= 4 is 0 Å². The Labute approximate surface area is 75.0 Å². The first-order valence-corrected chi connectivity index (χ1v) is 3.94. The lowest BCUT2D eigenvalue weighted by Crippen LogP contribution is -1.83. The number of halogens is 1. The summed E-state index contributed by atoms with van der Waals surface area (Å²) in [4.78, 5) is 0. The SMILES string of the molecule is Cc1ccc(-c2ccon2)cc1F. The zero-order valence-corrected chi connectivity index (χ0v) is 7.12. The summed E-state index contributed by atoms with van der Waals surface area (Å²) in [5, 5.41) is 3.72. The lowest BCUT2D eigenvalue weighted by Gasteiger charge is -1.98. The van der Waals surface area contributed by atoms with Gasteiger partial charge in [0.15, 0.2) is 0 Å². The Kier molecular flexibility index (Phi) is 1.85. The highest BCUT2D eigenvalue weighted by Crippen LogP contribution is 2.19. The molecule has 0 aliphatic heterocycles. The van der Waals surface area contributed by atoms with E-state index in [9.17, 15) is 4.39 Å². The molecule has 2 nitrogen and oxygen atoms in total. The molecule has 1 aromatic carbocycles. The molecule has 2 aromatic rings. The van der Waals surface area contributed by atoms with Crippen molar-refractivity contribution in [3.63, 3.8) is 0 Å². The Morgan fingerprint density at radius 2 is 2.15 bits per heavy atom. The van der Waals surface area contributed by atoms with Crippen molar-refractivity contribution in [2.24, 2.45) is 0 Å². The third-order valence-electron chi connectivity index (χ3n) is 1.91. The molecule has 66 valence electrons. The molecular weight excluding hydrogens is 169 g/mol. The Bertz CT molecular complexity index is 409. The second kappa shape index (κ2) is 3.01. The van der Waals surface area contributed by atoms with Crippen molar-refractivity contribution in [2.75, 3.05) is 0 Å². The zero-order valence-electron chi connectivity index (χ0n) is 7.12. The van der Waals surface area contributed by atoms with Gasteiger partial charge in [0.25, 0.3) is 0 Å². The van der Waals surface area contributed by atoms with Gasteiger partial charge in [0, 0.05) is 11.6 Å². The Morgan fingerprint density at radius 3 is 2.77 bits per heavy atom. The van der Waals surface area contributed by atoms with Gasteiger partial charge in [-0.3, -0.25) is 0 Å². The maximum Gasteiger partial charge on any atom is 0.126 e. The molecule has 0 unspecified atom stereocenters. The zero-order chi connectivity index (χ0) is 9.26. The van der Waals surface area contributed by atoms with Gasteiger partial charge in [0.1, 0.15) is 17.8 Å². The van der Waals surface area contributed by atoms with Gasteiger partial charge in [-0.25, -0.2) is 4.39 Å². The van der Waals surface area contributed by atoms with Crippen LogP contribution in [0, 0.1) is 12.7 Å². The molecule has 3 heteroatoms. The average molecular weight is 177 g/mol. The van der Waals surface area contributed by atoms with Crippen LogP contribution in [-0.4, -0.2) is 5.16 Å². The first-order chi connectivity index (χ1) is 6.27. The van der Waals surface area contributed by atoms with Gasteiger partial charge in [0.2, 0.25) is 0 Å². The van der Waals surface area contributed by atoms with Crippen LogP contribution in [0.25, 0.3) is 11.3 Å². The molecular formula is C10H8FNO. The summed E-state index contributed by atoms with van der Waals surface area (Å²) in [6, 6.07) is 6.69. The molecule has 0 bridgehead atoms. The van der Waals surface area contributed by atoms with Crippen molar-refractivity contribution in [3.8, 4) is 11.3 Å². The first kappa shape index (κ1) is 7.98. The molecule has 0 radical (unpaired) electrons. The molecule has 0 saturated carbocycles. The Hall–Kier alpha value is -1.64. The number of hydrogen-bond acceptors (Lipinski definition) is 2. The summed E-state index contributed by atoms with van der Waals surface area (Å²) in [5.41, 5.74) is 2.02. The van der Waals surface area contributed by atoms with E-state index in [1.807, 2.05) is 6.07 Å². The summed E-state index contributed by atoms with van der Waals surface area (Å²) in [5.74, 6) is -0.222. The van der Waals surface area contributed by atoms with Gasteiger partial charge in [-0.1, -0.05) is 17.3 Å². The van der Waals surface area contributed by atoms with Gasteiger partial charge < -0.3 is 4.52 Å². The number of aryl methyl sites for hydroxylation is 1. The third-order valence-corrected chi connectivity index (χ3v) is 1.91. The van der Waals surface area contributed by atoms with E-state index in [1.165, 1.54) is 12.3 Å². The number of benzene rings is 1. The topological polar surface area (TPSA) is 26.0 Å². The Morgan fingerprint density at radius 1 is 1.31 bits per heavy atom. The summed E-state index contributed by atoms with van der Waals surface area (Å²) in [6.45, 7) is 1.72. The second-order valence-corrected chi connectivity index (χ2v) is 2.85. The number of rotatable bonds is 1. The van der Waals surface area contributed by atoms with Gasteiger partial charge in [-0.2, -0.15) is 0 Å². The fourth-order valence-electron chi connectivity index (χ4n) is 1.11. The van der Waals surface area contributed by atoms with Crippen LogP contribution in [0.3, 0.4) is 0 Å². The fourth-order valence-corrected chi connectivity index (χ4v) is 1.11. The maximum absolute atomic E-state index is 13.1. The van der Waals surface area contributed by atoms with Crippen molar-refractivity contribution in [1.82, 2.24) is 5.16 Å². The lowest BCUT2D eigenvalue weighted by atomic mass is 10.1. The molecule has 2 rings (SSSR count). The van der Waals surface area contributed by atoms with Crippen LogP contribution in [0.5, 0.6) is 0 Å². The average Bonchev–Trinajstić information content (AvgIpc) is 2.62. The van der Waals surface area contributed by atoms with Crippen molar-refractivity contribution < 1.29 is 8.91 Å². The minimum atomic E-state index is -0.222. The molecule has 0 amide bonds. The standard InChI is InChI=1S/C10H8FNO/c1-7-2-3-8(6-9(7)11)10-4-5-13-12-10/h2-6H,1H3. The van der Waals surface area contributed by atoms with Gasteiger partial charge >= 0.3 is 0 Å². The van der Waals surface area contributed by atoms with Crippen LogP contribution >= 0.6 is 0 Å². The van der Waals surface area contributed by atoms with Crippen molar-refractivity contribution in [2.45, 2.75) is 6.92 Å². The van der Waals surface area contributed by atoms with Crippen LogP contribution in [0.15, 0.2) is 35.1 Å². The van der Waals surface area contributed by atoms with Crippen molar-refractivity contribution in [1.29, 1.82) is 0 Å². The predicted octanol–water partition coefficient (Wildman–Crippen LogP) is 2.79. The number of aromatic nitrogens is 1. The van der Waals surface area contributed by atoms with E-state index in [4.69, 9.17) is 0 Å². The quantitative estimate of drug-likeness (QED) is 0.669. The number of nitrogens with zero attached hydrogens (tertiary/aromatic N) is 1. The highest BCUT2D eigenvalue weighted by Gasteiger charge is 2.03. The minimum absolute atomic E-state index is 0.222. The highest BCUT2D eigenvalue weighted by atomic mass is 19.1. The van der Waals surface area contributed by atoms with Gasteiger partial charge in [-0.15, -0.1) is 0 Å². The largest absolute Gasteiger partial charge is 0.364 e. The van der Waals surface area contributed by atoms with Gasteiger partial charge in [0.05, 0.1) is 0 Å². The summed E-state index contributed by atoms with van der Waals surface area (Å²) < 4.78 is 17.8. The predicted molar refractivity (Wildman–Crippen MR) is 46.6 cm³/mol. The van der Waals surface area contributed by atoms with E-state index in [0.717, 1.165) is 5.56 Å². The van der Waals surface area contributed by atoms with E-state index in [1.54, 1.807) is 19.1 Å². The lowest BCUT2D eigenvalue weighted by molar-refractivity contribution is 0.422. The minimum Gasteiger partial charge on any atom is -0.364 e. The van der Waals surface area contributed by atoms with E-state index in [0.29, 0.717) is 11.3 Å². The monoisotopic (exact) mass is 177 g/mol.